The predicted octanol–water partition coefficient (Wildman–Crippen LogP) is 5.27. The summed E-state index contributed by atoms with van der Waals surface area (Å²) in [6.07, 6.45) is 4.15. The van der Waals surface area contributed by atoms with Crippen LogP contribution in [-0.2, 0) is 9.73 Å². The van der Waals surface area contributed by atoms with Crippen LogP contribution in [0.4, 0.5) is 20.3 Å². The molecular formula is C24H27F2N5O3S. The number of halogens is 2. The molecule has 3 aromatic rings. The number of nitrogens with zero attached hydrogens (tertiary/aromatic N) is 3. The Balaban J connectivity index is 1.77. The third-order valence-electron chi connectivity index (χ3n) is 5.99. The van der Waals surface area contributed by atoms with Gasteiger partial charge in [-0.15, -0.1) is 0 Å². The van der Waals surface area contributed by atoms with Gasteiger partial charge in [0.15, 0.2) is 11.7 Å². The Morgan fingerprint density at radius 3 is 2.66 bits per heavy atom. The lowest BCUT2D eigenvalue weighted by atomic mass is 10.0. The quantitative estimate of drug-likeness (QED) is 0.491. The number of nitrogens with one attached hydrogen (secondary N) is 2. The van der Waals surface area contributed by atoms with E-state index in [1.807, 2.05) is 0 Å². The van der Waals surface area contributed by atoms with E-state index in [0.717, 1.165) is 0 Å². The minimum absolute atomic E-state index is 0.0622. The number of benzene rings is 1. The molecule has 2 N–H and O–H groups in total. The summed E-state index contributed by atoms with van der Waals surface area (Å²) in [6, 6.07) is 6.30. The molecule has 11 heteroatoms. The number of anilines is 2. The zero-order valence-corrected chi connectivity index (χ0v) is 20.5. The van der Waals surface area contributed by atoms with Gasteiger partial charge in [0, 0.05) is 61.5 Å². The van der Waals surface area contributed by atoms with Gasteiger partial charge in [0.1, 0.15) is 5.82 Å². The van der Waals surface area contributed by atoms with E-state index in [2.05, 4.69) is 15.3 Å². The van der Waals surface area contributed by atoms with Crippen molar-refractivity contribution in [3.8, 4) is 11.3 Å². The van der Waals surface area contributed by atoms with Crippen molar-refractivity contribution in [1.29, 1.82) is 4.78 Å². The van der Waals surface area contributed by atoms with Crippen molar-refractivity contribution < 1.29 is 22.2 Å². The second-order valence-corrected chi connectivity index (χ2v) is 10.9. The van der Waals surface area contributed by atoms with Gasteiger partial charge in [0.25, 0.3) is 5.91 Å². The first-order valence-electron chi connectivity index (χ1n) is 11.1. The maximum Gasteiger partial charge on any atom is 0.259 e. The monoisotopic (exact) mass is 503 g/mol. The van der Waals surface area contributed by atoms with Gasteiger partial charge in [-0.25, -0.2) is 27.7 Å². The number of alkyl halides is 2. The Hall–Kier alpha value is -3.34. The van der Waals surface area contributed by atoms with Crippen LogP contribution in [0, 0.1) is 18.6 Å². The molecule has 8 nitrogen and oxygen atoms in total. The van der Waals surface area contributed by atoms with Crippen LogP contribution in [0.1, 0.15) is 41.1 Å². The van der Waals surface area contributed by atoms with Gasteiger partial charge in [-0.3, -0.25) is 4.79 Å². The molecular weight excluding hydrogens is 476 g/mol. The Morgan fingerprint density at radius 1 is 1.20 bits per heavy atom. The summed E-state index contributed by atoms with van der Waals surface area (Å²) in [6.45, 7) is 3.86. The van der Waals surface area contributed by atoms with Crippen molar-refractivity contribution in [2.45, 2.75) is 43.9 Å². The van der Waals surface area contributed by atoms with E-state index in [1.165, 1.54) is 12.3 Å². The molecule has 0 spiro atoms. The summed E-state index contributed by atoms with van der Waals surface area (Å²) in [5, 5.41) is 2.80. The third-order valence-corrected chi connectivity index (χ3v) is 7.15. The van der Waals surface area contributed by atoms with Crippen LogP contribution in [-0.4, -0.2) is 45.4 Å². The van der Waals surface area contributed by atoms with Crippen molar-refractivity contribution in [3.63, 3.8) is 0 Å². The van der Waals surface area contributed by atoms with Gasteiger partial charge >= 0.3 is 0 Å². The van der Waals surface area contributed by atoms with Crippen molar-refractivity contribution in [2.75, 3.05) is 29.6 Å². The van der Waals surface area contributed by atoms with Crippen LogP contribution in [0.25, 0.3) is 11.3 Å². The molecule has 3 heterocycles. The Bertz CT molecular complexity index is 1370. The van der Waals surface area contributed by atoms with Crippen molar-refractivity contribution in [2.24, 2.45) is 0 Å². The number of amides is 1. The smallest absolute Gasteiger partial charge is 0.259 e. The summed E-state index contributed by atoms with van der Waals surface area (Å²) in [5.41, 5.74) is 1.73. The number of aromatic nitrogens is 2. The van der Waals surface area contributed by atoms with E-state index in [0.29, 0.717) is 40.8 Å². The molecule has 1 fully saturated rings. The van der Waals surface area contributed by atoms with Crippen molar-refractivity contribution >= 4 is 27.1 Å². The number of pyridine rings is 1. The Kier molecular flexibility index (Phi) is 6.63. The second kappa shape index (κ2) is 9.37. The SMILES string of the molecule is Cc1ncc(-c2cnc(N3CCCC(F)(F)CC3)c(C(=O)Nc3cccc(S(C)(=N)=O)c3)c2C)o1. The average Bonchev–Trinajstić information content (AvgIpc) is 3.12. The van der Waals surface area contributed by atoms with Crippen LogP contribution in [0.15, 0.2) is 46.0 Å². The van der Waals surface area contributed by atoms with Crippen LogP contribution < -0.4 is 10.2 Å². The number of aryl methyl sites for hydroxylation is 1. The number of rotatable bonds is 5. The van der Waals surface area contributed by atoms with Crippen LogP contribution >= 0.6 is 0 Å². The molecule has 1 aromatic carbocycles. The fourth-order valence-corrected chi connectivity index (χ4v) is 4.81. The van der Waals surface area contributed by atoms with Gasteiger partial charge in [0.2, 0.25) is 5.92 Å². The first-order chi connectivity index (χ1) is 16.4. The predicted molar refractivity (Wildman–Crippen MR) is 130 cm³/mol. The fraction of sp³-hybridized carbons (Fsp3) is 0.375. The number of hydrogen-bond acceptors (Lipinski definition) is 7. The molecule has 0 aliphatic carbocycles. The molecule has 0 saturated carbocycles. The lowest BCUT2D eigenvalue weighted by Crippen LogP contribution is -2.30. The van der Waals surface area contributed by atoms with E-state index < -0.39 is 21.6 Å². The van der Waals surface area contributed by atoms with Gasteiger partial charge in [0.05, 0.1) is 21.5 Å². The van der Waals surface area contributed by atoms with Gasteiger partial charge < -0.3 is 14.6 Å². The molecule has 1 unspecified atom stereocenters. The minimum atomic E-state index is -2.98. The van der Waals surface area contributed by atoms with Gasteiger partial charge in [-0.1, -0.05) is 6.07 Å². The molecule has 1 saturated heterocycles. The number of carbonyl (C=O) groups is 1. The summed E-state index contributed by atoms with van der Waals surface area (Å²) >= 11 is 0. The molecule has 4 rings (SSSR count). The lowest BCUT2D eigenvalue weighted by Gasteiger charge is -2.25. The molecule has 0 radical (unpaired) electrons. The van der Waals surface area contributed by atoms with Gasteiger partial charge in [-0.05, 0) is 37.1 Å². The normalized spacial score (nSPS) is 17.5. The average molecular weight is 504 g/mol. The largest absolute Gasteiger partial charge is 0.441 e. The number of carbonyl (C=O) groups excluding carboxylic acids is 1. The first kappa shape index (κ1) is 24.8. The number of oxazole rings is 1. The summed E-state index contributed by atoms with van der Waals surface area (Å²) in [7, 11) is -2.98. The molecule has 1 aliphatic heterocycles. The van der Waals surface area contributed by atoms with Crippen LogP contribution in [0.5, 0.6) is 0 Å². The van der Waals surface area contributed by atoms with E-state index in [1.54, 1.807) is 49.3 Å². The van der Waals surface area contributed by atoms with E-state index in [-0.39, 0.29) is 36.3 Å². The molecule has 186 valence electrons. The van der Waals surface area contributed by atoms with Crippen LogP contribution in [0.2, 0.25) is 0 Å². The molecule has 1 aliphatic rings. The third kappa shape index (κ3) is 5.50. The second-order valence-electron chi connectivity index (χ2n) is 8.76. The fourth-order valence-electron chi connectivity index (χ4n) is 4.12. The lowest BCUT2D eigenvalue weighted by molar-refractivity contribution is -0.0102. The Labute approximate surface area is 202 Å². The molecule has 0 bridgehead atoms. The first-order valence-corrected chi connectivity index (χ1v) is 13.1. The summed E-state index contributed by atoms with van der Waals surface area (Å²) in [5.74, 6) is -2.04. The summed E-state index contributed by atoms with van der Waals surface area (Å²) < 4.78 is 53.7. The minimum Gasteiger partial charge on any atom is -0.441 e. The molecule has 35 heavy (non-hydrogen) atoms. The van der Waals surface area contributed by atoms with E-state index >= 15 is 0 Å². The molecule has 1 atom stereocenters. The van der Waals surface area contributed by atoms with Gasteiger partial charge in [-0.2, -0.15) is 0 Å². The molecule has 2 aromatic heterocycles. The van der Waals surface area contributed by atoms with Crippen LogP contribution in [0.3, 0.4) is 0 Å². The maximum atomic E-state index is 14.0. The zero-order valence-electron chi connectivity index (χ0n) is 19.7. The Morgan fingerprint density at radius 2 is 1.97 bits per heavy atom. The topological polar surface area (TPSA) is 112 Å². The highest BCUT2D eigenvalue weighted by Crippen LogP contribution is 2.35. The van der Waals surface area contributed by atoms with Crippen molar-refractivity contribution in [3.05, 3.63) is 53.7 Å². The standard InChI is InChI=1S/C24H27F2N5O3S/c1-15-19(20-14-28-16(2)34-20)13-29-22(31-10-5-8-24(25,26)9-11-31)21(15)23(32)30-17-6-4-7-18(12-17)35(3,27)33/h4,6-7,12-14,27H,5,8-11H2,1-3H3,(H,30,32). The highest BCUT2D eigenvalue weighted by atomic mass is 32.2. The highest BCUT2D eigenvalue weighted by Gasteiger charge is 2.34. The number of hydrogen-bond donors (Lipinski definition) is 2. The zero-order chi connectivity index (χ0) is 25.4. The summed E-state index contributed by atoms with van der Waals surface area (Å²) in [4.78, 5) is 24.2. The van der Waals surface area contributed by atoms with E-state index in [4.69, 9.17) is 9.20 Å². The maximum absolute atomic E-state index is 14.0. The van der Waals surface area contributed by atoms with E-state index in [9.17, 15) is 17.8 Å². The molecule has 1 amide bonds. The highest BCUT2D eigenvalue weighted by molar-refractivity contribution is 7.91. The van der Waals surface area contributed by atoms with Crippen molar-refractivity contribution in [1.82, 2.24) is 9.97 Å².